The zero-order chi connectivity index (χ0) is 14.8. The van der Waals surface area contributed by atoms with E-state index in [1.54, 1.807) is 6.07 Å². The van der Waals surface area contributed by atoms with Crippen LogP contribution in [-0.2, 0) is 11.3 Å². The molecule has 0 bridgehead atoms. The predicted octanol–water partition coefficient (Wildman–Crippen LogP) is 4.07. The lowest BCUT2D eigenvalue weighted by Crippen LogP contribution is -2.34. The number of hydrogen-bond acceptors (Lipinski definition) is 2. The molecular weight excluding hydrogens is 297 g/mol. The van der Waals surface area contributed by atoms with Gasteiger partial charge in [-0.1, -0.05) is 36.5 Å². The van der Waals surface area contributed by atoms with Crippen LogP contribution < -0.4 is 0 Å². The highest BCUT2D eigenvalue weighted by molar-refractivity contribution is 6.34. The van der Waals surface area contributed by atoms with E-state index in [1.165, 1.54) is 0 Å². The lowest BCUT2D eigenvalue weighted by Gasteiger charge is -2.24. The second kappa shape index (κ2) is 6.33. The van der Waals surface area contributed by atoms with Crippen LogP contribution in [0.5, 0.6) is 0 Å². The lowest BCUT2D eigenvalue weighted by molar-refractivity contribution is -0.148. The number of likely N-dealkylation sites (tertiary alicyclic amines) is 1. The van der Waals surface area contributed by atoms with Crippen molar-refractivity contribution in [2.75, 3.05) is 13.1 Å². The molecule has 0 saturated carbocycles. The molecular formula is C15H19Cl2NO2. The molecule has 0 amide bonds. The largest absolute Gasteiger partial charge is 0.481 e. The number of halogens is 2. The van der Waals surface area contributed by atoms with Crippen molar-refractivity contribution in [1.82, 2.24) is 4.90 Å². The van der Waals surface area contributed by atoms with Gasteiger partial charge in [0, 0.05) is 23.1 Å². The molecule has 1 heterocycles. The van der Waals surface area contributed by atoms with Gasteiger partial charge in [-0.05, 0) is 43.1 Å². The fourth-order valence-electron chi connectivity index (χ4n) is 3.02. The number of carbonyl (C=O) groups is 1. The number of carboxylic acids is 1. The summed E-state index contributed by atoms with van der Waals surface area (Å²) in [5.74, 6) is -0.675. The third kappa shape index (κ3) is 3.46. The van der Waals surface area contributed by atoms with E-state index in [0.29, 0.717) is 29.6 Å². The first-order valence-corrected chi connectivity index (χ1v) is 7.61. The van der Waals surface area contributed by atoms with E-state index >= 15 is 0 Å². The van der Waals surface area contributed by atoms with Gasteiger partial charge in [-0.25, -0.2) is 0 Å². The van der Waals surface area contributed by atoms with Gasteiger partial charge >= 0.3 is 5.97 Å². The number of aliphatic carboxylic acids is 1. The smallest absolute Gasteiger partial charge is 0.310 e. The number of rotatable bonds is 5. The summed E-state index contributed by atoms with van der Waals surface area (Å²) < 4.78 is 0. The Hall–Kier alpha value is -0.770. The summed E-state index contributed by atoms with van der Waals surface area (Å²) in [4.78, 5) is 13.7. The summed E-state index contributed by atoms with van der Waals surface area (Å²) in [6.07, 6.45) is 2.34. The molecule has 1 unspecified atom stereocenters. The Morgan fingerprint density at radius 1 is 1.35 bits per heavy atom. The van der Waals surface area contributed by atoms with E-state index in [1.807, 2.05) is 19.1 Å². The van der Waals surface area contributed by atoms with Gasteiger partial charge in [0.25, 0.3) is 0 Å². The predicted molar refractivity (Wildman–Crippen MR) is 81.3 cm³/mol. The summed E-state index contributed by atoms with van der Waals surface area (Å²) in [5, 5.41) is 10.7. The molecule has 1 fully saturated rings. The van der Waals surface area contributed by atoms with Gasteiger partial charge < -0.3 is 5.11 Å². The quantitative estimate of drug-likeness (QED) is 0.890. The first-order valence-electron chi connectivity index (χ1n) is 6.86. The minimum atomic E-state index is -0.675. The van der Waals surface area contributed by atoms with Crippen LogP contribution in [0.3, 0.4) is 0 Å². The van der Waals surface area contributed by atoms with Crippen molar-refractivity contribution in [2.45, 2.75) is 32.7 Å². The SMILES string of the molecule is CCCC1(C(=O)O)CCN(Cc2cc(Cl)cc(Cl)c2)C1. The van der Waals surface area contributed by atoms with E-state index in [4.69, 9.17) is 23.2 Å². The van der Waals surface area contributed by atoms with Crippen molar-refractivity contribution in [3.8, 4) is 0 Å². The summed E-state index contributed by atoms with van der Waals surface area (Å²) in [6.45, 7) is 4.12. The normalized spacial score (nSPS) is 23.1. The molecule has 1 aromatic carbocycles. The average Bonchev–Trinajstić information content (AvgIpc) is 2.72. The van der Waals surface area contributed by atoms with Crippen LogP contribution in [0.15, 0.2) is 18.2 Å². The molecule has 1 atom stereocenters. The maximum absolute atomic E-state index is 11.6. The average molecular weight is 316 g/mol. The molecule has 2 rings (SSSR count). The summed E-state index contributed by atoms with van der Waals surface area (Å²) >= 11 is 12.0. The van der Waals surface area contributed by atoms with Crippen LogP contribution in [0.2, 0.25) is 10.0 Å². The summed E-state index contributed by atoms with van der Waals surface area (Å²) in [7, 11) is 0. The minimum absolute atomic E-state index is 0.586. The highest BCUT2D eigenvalue weighted by Crippen LogP contribution is 2.36. The van der Waals surface area contributed by atoms with E-state index in [-0.39, 0.29) is 0 Å². The third-order valence-corrected chi connectivity index (χ3v) is 4.38. The molecule has 1 aromatic rings. The standard InChI is InChI=1S/C15H19Cl2NO2/c1-2-3-15(14(19)20)4-5-18(10-15)9-11-6-12(16)8-13(17)7-11/h6-8H,2-5,9-10H2,1H3,(H,19,20). The van der Waals surface area contributed by atoms with Crippen LogP contribution >= 0.6 is 23.2 Å². The highest BCUT2D eigenvalue weighted by atomic mass is 35.5. The molecule has 1 aliphatic heterocycles. The molecule has 110 valence electrons. The topological polar surface area (TPSA) is 40.5 Å². The van der Waals surface area contributed by atoms with Crippen molar-refractivity contribution in [1.29, 1.82) is 0 Å². The van der Waals surface area contributed by atoms with E-state index in [0.717, 1.165) is 24.9 Å². The number of hydrogen-bond donors (Lipinski definition) is 1. The molecule has 1 aliphatic rings. The Morgan fingerprint density at radius 3 is 2.55 bits per heavy atom. The Bertz CT molecular complexity index is 486. The maximum atomic E-state index is 11.6. The van der Waals surface area contributed by atoms with Crippen LogP contribution in [0, 0.1) is 5.41 Å². The van der Waals surface area contributed by atoms with Gasteiger partial charge in [0.2, 0.25) is 0 Å². The van der Waals surface area contributed by atoms with Crippen molar-refractivity contribution in [3.63, 3.8) is 0 Å². The Kier molecular flexibility index (Phi) is 4.95. The second-order valence-corrected chi connectivity index (χ2v) is 6.45. The van der Waals surface area contributed by atoms with Gasteiger partial charge in [-0.15, -0.1) is 0 Å². The van der Waals surface area contributed by atoms with Crippen LogP contribution in [0.4, 0.5) is 0 Å². The molecule has 3 nitrogen and oxygen atoms in total. The molecule has 0 spiro atoms. The molecule has 1 saturated heterocycles. The van der Waals surface area contributed by atoms with Gasteiger partial charge in [-0.3, -0.25) is 9.69 Å². The van der Waals surface area contributed by atoms with Crippen molar-refractivity contribution < 1.29 is 9.90 Å². The fraction of sp³-hybridized carbons (Fsp3) is 0.533. The van der Waals surface area contributed by atoms with E-state index < -0.39 is 11.4 Å². The number of benzene rings is 1. The Labute approximate surface area is 129 Å². The summed E-state index contributed by atoms with van der Waals surface area (Å²) in [6, 6.07) is 5.47. The van der Waals surface area contributed by atoms with Crippen molar-refractivity contribution in [2.24, 2.45) is 5.41 Å². The minimum Gasteiger partial charge on any atom is -0.481 e. The van der Waals surface area contributed by atoms with Crippen LogP contribution in [-0.4, -0.2) is 29.1 Å². The highest BCUT2D eigenvalue weighted by Gasteiger charge is 2.43. The first-order chi connectivity index (χ1) is 9.45. The van der Waals surface area contributed by atoms with Crippen molar-refractivity contribution >= 4 is 29.2 Å². The molecule has 20 heavy (non-hydrogen) atoms. The number of nitrogens with zero attached hydrogens (tertiary/aromatic N) is 1. The lowest BCUT2D eigenvalue weighted by atomic mass is 9.83. The zero-order valence-electron chi connectivity index (χ0n) is 11.5. The summed E-state index contributed by atoms with van der Waals surface area (Å²) in [5.41, 5.74) is 0.442. The van der Waals surface area contributed by atoms with E-state index in [9.17, 15) is 9.90 Å². The molecule has 0 aliphatic carbocycles. The van der Waals surface area contributed by atoms with Crippen LogP contribution in [0.25, 0.3) is 0 Å². The first kappa shape index (κ1) is 15.6. The van der Waals surface area contributed by atoms with Gasteiger partial charge in [-0.2, -0.15) is 0 Å². The van der Waals surface area contributed by atoms with Crippen molar-refractivity contribution in [3.05, 3.63) is 33.8 Å². The number of carboxylic acid groups (broad SMARTS) is 1. The van der Waals surface area contributed by atoms with Gasteiger partial charge in [0.1, 0.15) is 0 Å². The van der Waals surface area contributed by atoms with Gasteiger partial charge in [0.05, 0.1) is 5.41 Å². The fourth-order valence-corrected chi connectivity index (χ4v) is 3.59. The monoisotopic (exact) mass is 315 g/mol. The van der Waals surface area contributed by atoms with Gasteiger partial charge in [0.15, 0.2) is 0 Å². The maximum Gasteiger partial charge on any atom is 0.310 e. The Morgan fingerprint density at radius 2 is 2.00 bits per heavy atom. The zero-order valence-corrected chi connectivity index (χ0v) is 13.0. The third-order valence-electron chi connectivity index (χ3n) is 3.94. The van der Waals surface area contributed by atoms with Crippen LogP contribution in [0.1, 0.15) is 31.7 Å². The second-order valence-electron chi connectivity index (χ2n) is 5.57. The molecule has 0 aromatic heterocycles. The molecule has 0 radical (unpaired) electrons. The molecule has 5 heteroatoms. The molecule has 1 N–H and O–H groups in total. The Balaban J connectivity index is 2.07. The van der Waals surface area contributed by atoms with E-state index in [2.05, 4.69) is 4.90 Å².